The molecule has 0 bridgehead atoms. The zero-order chi connectivity index (χ0) is 13.2. The van der Waals surface area contributed by atoms with Crippen molar-refractivity contribution in [3.05, 3.63) is 29.8 Å². The molecule has 0 atom stereocenters. The van der Waals surface area contributed by atoms with E-state index in [4.69, 9.17) is 4.74 Å². The maximum Gasteiger partial charge on any atom is 0.119 e. The lowest BCUT2D eigenvalue weighted by Gasteiger charge is -2.10. The molecule has 102 valence electrons. The van der Waals surface area contributed by atoms with E-state index in [0.717, 1.165) is 38.4 Å². The van der Waals surface area contributed by atoms with Crippen LogP contribution in [0.3, 0.4) is 0 Å². The van der Waals surface area contributed by atoms with Crippen LogP contribution in [0.1, 0.15) is 18.9 Å². The van der Waals surface area contributed by atoms with Crippen molar-refractivity contribution in [2.24, 2.45) is 0 Å². The van der Waals surface area contributed by atoms with Crippen molar-refractivity contribution < 1.29 is 4.74 Å². The summed E-state index contributed by atoms with van der Waals surface area (Å²) in [7, 11) is 4.20. The minimum absolute atomic E-state index is 0.730. The Morgan fingerprint density at radius 3 is 2.44 bits per heavy atom. The van der Waals surface area contributed by atoms with Gasteiger partial charge in [0.05, 0.1) is 0 Å². The van der Waals surface area contributed by atoms with E-state index in [1.54, 1.807) is 0 Å². The molecule has 1 rings (SSSR count). The summed E-state index contributed by atoms with van der Waals surface area (Å²) in [6.45, 7) is 5.98. The lowest BCUT2D eigenvalue weighted by Crippen LogP contribution is -2.25. The van der Waals surface area contributed by atoms with Crippen molar-refractivity contribution in [1.29, 1.82) is 0 Å². The quantitative estimate of drug-likeness (QED) is 0.680. The minimum atomic E-state index is 0.730. The van der Waals surface area contributed by atoms with Gasteiger partial charge in [0.15, 0.2) is 0 Å². The third-order valence-corrected chi connectivity index (χ3v) is 2.84. The molecule has 0 saturated carbocycles. The first kappa shape index (κ1) is 15.0. The van der Waals surface area contributed by atoms with Crippen LogP contribution in [-0.2, 0) is 6.42 Å². The van der Waals surface area contributed by atoms with Crippen molar-refractivity contribution in [1.82, 2.24) is 10.2 Å². The molecule has 0 spiro atoms. The fourth-order valence-electron chi connectivity index (χ4n) is 1.71. The van der Waals surface area contributed by atoms with Gasteiger partial charge in [0.25, 0.3) is 0 Å². The molecule has 0 radical (unpaired) electrons. The molecule has 1 aromatic carbocycles. The number of aryl methyl sites for hydroxylation is 1. The molecule has 0 aromatic heterocycles. The first-order valence-corrected chi connectivity index (χ1v) is 6.79. The normalized spacial score (nSPS) is 10.9. The predicted molar refractivity (Wildman–Crippen MR) is 77.4 cm³/mol. The summed E-state index contributed by atoms with van der Waals surface area (Å²) in [5.74, 6) is 0.960. The van der Waals surface area contributed by atoms with Crippen LogP contribution in [-0.4, -0.2) is 45.2 Å². The van der Waals surface area contributed by atoms with Gasteiger partial charge in [-0.25, -0.2) is 0 Å². The van der Waals surface area contributed by atoms with Crippen LogP contribution < -0.4 is 10.1 Å². The van der Waals surface area contributed by atoms with Crippen LogP contribution in [0.15, 0.2) is 24.3 Å². The summed E-state index contributed by atoms with van der Waals surface area (Å²) < 4.78 is 5.66. The molecular formula is C15H26N2O. The highest BCUT2D eigenvalue weighted by Gasteiger charge is 1.94. The number of nitrogens with one attached hydrogen (secondary N) is 1. The zero-order valence-corrected chi connectivity index (χ0v) is 11.9. The van der Waals surface area contributed by atoms with Crippen molar-refractivity contribution >= 4 is 0 Å². The van der Waals surface area contributed by atoms with Gasteiger partial charge in [0.1, 0.15) is 12.4 Å². The van der Waals surface area contributed by atoms with Gasteiger partial charge in [0.2, 0.25) is 0 Å². The smallest absolute Gasteiger partial charge is 0.119 e. The number of nitrogens with zero attached hydrogens (tertiary/aromatic N) is 1. The van der Waals surface area contributed by atoms with E-state index in [1.807, 2.05) is 12.1 Å². The van der Waals surface area contributed by atoms with E-state index < -0.39 is 0 Å². The minimum Gasteiger partial charge on any atom is -0.492 e. The first-order chi connectivity index (χ1) is 8.72. The molecule has 1 N–H and O–H groups in total. The summed E-state index contributed by atoms with van der Waals surface area (Å²) in [6.07, 6.45) is 2.26. The summed E-state index contributed by atoms with van der Waals surface area (Å²) in [5.41, 5.74) is 1.35. The molecule has 3 heteroatoms. The Kier molecular flexibility index (Phi) is 7.46. The number of ether oxygens (including phenoxy) is 1. The maximum atomic E-state index is 5.66. The van der Waals surface area contributed by atoms with Crippen LogP contribution in [0, 0.1) is 0 Å². The standard InChI is InChI=1S/C15H26N2O/c1-4-14-6-8-15(9-7-14)18-13-11-16-10-5-12-17(2)3/h6-9,16H,4-5,10-13H2,1-3H3. The van der Waals surface area contributed by atoms with Crippen LogP contribution in [0.25, 0.3) is 0 Å². The Balaban J connectivity index is 2.03. The molecule has 0 aliphatic rings. The number of benzene rings is 1. The van der Waals surface area contributed by atoms with Gasteiger partial charge in [-0.2, -0.15) is 0 Å². The summed E-state index contributed by atoms with van der Waals surface area (Å²) in [5, 5.41) is 3.38. The molecule has 3 nitrogen and oxygen atoms in total. The van der Waals surface area contributed by atoms with Crippen LogP contribution in [0.2, 0.25) is 0 Å². The third-order valence-electron chi connectivity index (χ3n) is 2.84. The zero-order valence-electron chi connectivity index (χ0n) is 11.9. The molecule has 0 amide bonds. The van der Waals surface area contributed by atoms with Gasteiger partial charge < -0.3 is 15.0 Å². The molecule has 18 heavy (non-hydrogen) atoms. The Morgan fingerprint density at radius 1 is 1.11 bits per heavy atom. The largest absolute Gasteiger partial charge is 0.492 e. The first-order valence-electron chi connectivity index (χ1n) is 6.79. The number of hydrogen-bond acceptors (Lipinski definition) is 3. The van der Waals surface area contributed by atoms with Gasteiger partial charge in [-0.15, -0.1) is 0 Å². The van der Waals surface area contributed by atoms with Crippen molar-refractivity contribution in [3.63, 3.8) is 0 Å². The SMILES string of the molecule is CCc1ccc(OCCNCCCN(C)C)cc1. The van der Waals surface area contributed by atoms with E-state index >= 15 is 0 Å². The summed E-state index contributed by atoms with van der Waals surface area (Å²) in [6, 6.07) is 8.34. The predicted octanol–water partition coefficient (Wildman–Crippen LogP) is 2.17. The Morgan fingerprint density at radius 2 is 1.83 bits per heavy atom. The maximum absolute atomic E-state index is 5.66. The molecule has 0 fully saturated rings. The molecule has 0 aliphatic heterocycles. The average Bonchev–Trinajstić information content (AvgIpc) is 2.38. The monoisotopic (exact) mass is 250 g/mol. The van der Waals surface area contributed by atoms with Gasteiger partial charge in [-0.05, 0) is 57.7 Å². The molecule has 0 saturated heterocycles. The third kappa shape index (κ3) is 6.62. The van der Waals surface area contributed by atoms with Crippen molar-refractivity contribution in [3.8, 4) is 5.75 Å². The Bertz CT molecular complexity index is 309. The van der Waals surface area contributed by atoms with E-state index in [-0.39, 0.29) is 0 Å². The Labute approximate surface area is 111 Å². The topological polar surface area (TPSA) is 24.5 Å². The van der Waals surface area contributed by atoms with Crippen molar-refractivity contribution in [2.45, 2.75) is 19.8 Å². The van der Waals surface area contributed by atoms with E-state index in [2.05, 4.69) is 43.4 Å². The highest BCUT2D eigenvalue weighted by atomic mass is 16.5. The second-order valence-electron chi connectivity index (χ2n) is 4.75. The Hall–Kier alpha value is -1.06. The number of hydrogen-bond donors (Lipinski definition) is 1. The van der Waals surface area contributed by atoms with Gasteiger partial charge in [-0.1, -0.05) is 19.1 Å². The fraction of sp³-hybridized carbons (Fsp3) is 0.600. The lowest BCUT2D eigenvalue weighted by molar-refractivity contribution is 0.311. The summed E-state index contributed by atoms with van der Waals surface area (Å²) >= 11 is 0. The molecular weight excluding hydrogens is 224 g/mol. The second-order valence-corrected chi connectivity index (χ2v) is 4.75. The van der Waals surface area contributed by atoms with Crippen LogP contribution in [0.5, 0.6) is 5.75 Å². The lowest BCUT2D eigenvalue weighted by atomic mass is 10.2. The van der Waals surface area contributed by atoms with Gasteiger partial charge in [-0.3, -0.25) is 0 Å². The molecule has 0 aliphatic carbocycles. The van der Waals surface area contributed by atoms with Gasteiger partial charge in [0, 0.05) is 6.54 Å². The molecule has 1 aromatic rings. The fourth-order valence-corrected chi connectivity index (χ4v) is 1.71. The number of rotatable bonds is 9. The van der Waals surface area contributed by atoms with E-state index in [1.165, 1.54) is 12.0 Å². The molecule has 0 heterocycles. The second kappa shape index (κ2) is 8.95. The van der Waals surface area contributed by atoms with Crippen LogP contribution >= 0.6 is 0 Å². The van der Waals surface area contributed by atoms with E-state index in [0.29, 0.717) is 0 Å². The van der Waals surface area contributed by atoms with Crippen LogP contribution in [0.4, 0.5) is 0 Å². The van der Waals surface area contributed by atoms with E-state index in [9.17, 15) is 0 Å². The highest BCUT2D eigenvalue weighted by Crippen LogP contribution is 2.11. The summed E-state index contributed by atoms with van der Waals surface area (Å²) in [4.78, 5) is 2.20. The van der Waals surface area contributed by atoms with Gasteiger partial charge >= 0.3 is 0 Å². The average molecular weight is 250 g/mol. The molecule has 0 unspecified atom stereocenters. The van der Waals surface area contributed by atoms with Crippen molar-refractivity contribution in [2.75, 3.05) is 40.3 Å². The highest BCUT2D eigenvalue weighted by molar-refractivity contribution is 5.27.